The lowest BCUT2D eigenvalue weighted by molar-refractivity contribution is 0.0697. The Morgan fingerprint density at radius 3 is 2.72 bits per heavy atom. The zero-order valence-electron chi connectivity index (χ0n) is 10.9. The van der Waals surface area contributed by atoms with E-state index in [0.717, 1.165) is 23.7 Å². The number of anilines is 1. The van der Waals surface area contributed by atoms with Crippen LogP contribution in [0.2, 0.25) is 0 Å². The predicted octanol–water partition coefficient (Wildman–Crippen LogP) is 3.69. The minimum absolute atomic E-state index is 0.355. The molecule has 2 rings (SSSR count). The van der Waals surface area contributed by atoms with Crippen LogP contribution in [0.25, 0.3) is 0 Å². The lowest BCUT2D eigenvalue weighted by atomic mass is 10.0. The summed E-state index contributed by atoms with van der Waals surface area (Å²) in [7, 11) is 0. The number of aromatic carboxylic acids is 1. The molecular weight excluding hydrogens is 226 g/mol. The first-order valence-corrected chi connectivity index (χ1v) is 6.74. The molecule has 0 unspecified atom stereocenters. The highest BCUT2D eigenvalue weighted by Crippen LogP contribution is 2.27. The maximum absolute atomic E-state index is 10.8. The molecule has 1 aromatic carbocycles. The first-order chi connectivity index (χ1) is 8.66. The van der Waals surface area contributed by atoms with Crippen molar-refractivity contribution in [1.82, 2.24) is 0 Å². The summed E-state index contributed by atoms with van der Waals surface area (Å²) in [6.45, 7) is 2.93. The van der Waals surface area contributed by atoms with Gasteiger partial charge in [0.25, 0.3) is 0 Å². The first kappa shape index (κ1) is 12.9. The monoisotopic (exact) mass is 247 g/mol. The molecule has 2 N–H and O–H groups in total. The molecule has 0 saturated heterocycles. The molecule has 0 aromatic heterocycles. The minimum atomic E-state index is -0.865. The molecule has 0 spiro atoms. The van der Waals surface area contributed by atoms with Gasteiger partial charge in [-0.2, -0.15) is 0 Å². The van der Waals surface area contributed by atoms with E-state index < -0.39 is 5.97 Å². The van der Waals surface area contributed by atoms with E-state index in [-0.39, 0.29) is 0 Å². The van der Waals surface area contributed by atoms with Crippen LogP contribution in [-0.2, 0) is 0 Å². The molecule has 0 radical (unpaired) electrons. The number of rotatable bonds is 5. The van der Waals surface area contributed by atoms with E-state index in [1.54, 1.807) is 12.1 Å². The van der Waals surface area contributed by atoms with Crippen LogP contribution in [0.4, 0.5) is 5.69 Å². The predicted molar refractivity (Wildman–Crippen MR) is 73.2 cm³/mol. The van der Waals surface area contributed by atoms with Gasteiger partial charge < -0.3 is 10.4 Å². The molecule has 98 valence electrons. The van der Waals surface area contributed by atoms with Gasteiger partial charge in [-0.3, -0.25) is 0 Å². The number of hydrogen-bond acceptors (Lipinski definition) is 2. The zero-order chi connectivity index (χ0) is 13.0. The van der Waals surface area contributed by atoms with Crippen LogP contribution < -0.4 is 5.32 Å². The Balaban J connectivity index is 1.87. The molecule has 18 heavy (non-hydrogen) atoms. The van der Waals surface area contributed by atoms with E-state index >= 15 is 0 Å². The summed E-state index contributed by atoms with van der Waals surface area (Å²) >= 11 is 0. The topological polar surface area (TPSA) is 49.3 Å². The summed E-state index contributed by atoms with van der Waals surface area (Å²) in [6, 6.07) is 5.25. The van der Waals surface area contributed by atoms with Gasteiger partial charge in [-0.25, -0.2) is 4.79 Å². The van der Waals surface area contributed by atoms with Crippen molar-refractivity contribution in [2.75, 3.05) is 11.9 Å². The van der Waals surface area contributed by atoms with Crippen LogP contribution in [-0.4, -0.2) is 17.6 Å². The molecule has 1 saturated carbocycles. The molecule has 0 aliphatic heterocycles. The number of benzene rings is 1. The van der Waals surface area contributed by atoms with Crippen LogP contribution in [0, 0.1) is 12.8 Å². The first-order valence-electron chi connectivity index (χ1n) is 6.74. The van der Waals surface area contributed by atoms with E-state index in [1.165, 1.54) is 32.1 Å². The molecule has 0 amide bonds. The smallest absolute Gasteiger partial charge is 0.335 e. The van der Waals surface area contributed by atoms with Gasteiger partial charge in [-0.05, 0) is 43.0 Å². The second kappa shape index (κ2) is 5.89. The average molecular weight is 247 g/mol. The molecule has 1 aromatic rings. The van der Waals surface area contributed by atoms with Crippen molar-refractivity contribution >= 4 is 11.7 Å². The number of aryl methyl sites for hydroxylation is 1. The quantitative estimate of drug-likeness (QED) is 0.834. The third kappa shape index (κ3) is 3.25. The maximum atomic E-state index is 10.8. The van der Waals surface area contributed by atoms with Crippen molar-refractivity contribution in [2.45, 2.75) is 39.0 Å². The van der Waals surface area contributed by atoms with Crippen LogP contribution >= 0.6 is 0 Å². The Morgan fingerprint density at radius 2 is 2.11 bits per heavy atom. The summed E-state index contributed by atoms with van der Waals surface area (Å²) in [5.41, 5.74) is 2.41. The third-order valence-electron chi connectivity index (χ3n) is 3.82. The van der Waals surface area contributed by atoms with Gasteiger partial charge in [0.2, 0.25) is 0 Å². The number of carbonyl (C=O) groups is 1. The van der Waals surface area contributed by atoms with E-state index in [0.29, 0.717) is 5.56 Å². The van der Waals surface area contributed by atoms with E-state index in [4.69, 9.17) is 5.11 Å². The third-order valence-corrected chi connectivity index (χ3v) is 3.82. The Kier molecular flexibility index (Phi) is 4.24. The Morgan fingerprint density at radius 1 is 1.39 bits per heavy atom. The van der Waals surface area contributed by atoms with Gasteiger partial charge in [-0.15, -0.1) is 0 Å². The summed E-state index contributed by atoms with van der Waals surface area (Å²) < 4.78 is 0. The summed E-state index contributed by atoms with van der Waals surface area (Å²) in [6.07, 6.45) is 6.74. The second-order valence-corrected chi connectivity index (χ2v) is 5.20. The summed E-state index contributed by atoms with van der Waals surface area (Å²) in [4.78, 5) is 10.8. The normalized spacial score (nSPS) is 15.8. The van der Waals surface area contributed by atoms with Gasteiger partial charge in [0, 0.05) is 12.2 Å². The van der Waals surface area contributed by atoms with Gasteiger partial charge >= 0.3 is 5.97 Å². The molecule has 1 aliphatic carbocycles. The number of nitrogens with one attached hydrogen (secondary N) is 1. The van der Waals surface area contributed by atoms with Crippen molar-refractivity contribution in [2.24, 2.45) is 5.92 Å². The van der Waals surface area contributed by atoms with Crippen molar-refractivity contribution in [3.05, 3.63) is 29.3 Å². The summed E-state index contributed by atoms with van der Waals surface area (Å²) in [5, 5.41) is 12.3. The van der Waals surface area contributed by atoms with Crippen LogP contribution in [0.3, 0.4) is 0 Å². The van der Waals surface area contributed by atoms with Crippen molar-refractivity contribution in [3.63, 3.8) is 0 Å². The lowest BCUT2D eigenvalue weighted by Crippen LogP contribution is -2.08. The molecule has 1 aliphatic rings. The molecule has 1 fully saturated rings. The Bertz CT molecular complexity index is 423. The second-order valence-electron chi connectivity index (χ2n) is 5.20. The number of hydrogen-bond donors (Lipinski definition) is 2. The SMILES string of the molecule is Cc1cc(C(=O)O)ccc1NCCC1CCCC1. The van der Waals surface area contributed by atoms with Crippen molar-refractivity contribution in [3.8, 4) is 0 Å². The fourth-order valence-electron chi connectivity index (χ4n) is 2.71. The van der Waals surface area contributed by atoms with Gasteiger partial charge in [0.15, 0.2) is 0 Å². The zero-order valence-corrected chi connectivity index (χ0v) is 10.9. The maximum Gasteiger partial charge on any atom is 0.335 e. The van der Waals surface area contributed by atoms with Crippen molar-refractivity contribution < 1.29 is 9.90 Å². The van der Waals surface area contributed by atoms with Crippen molar-refractivity contribution in [1.29, 1.82) is 0 Å². The lowest BCUT2D eigenvalue weighted by Gasteiger charge is -2.13. The highest BCUT2D eigenvalue weighted by molar-refractivity contribution is 5.88. The van der Waals surface area contributed by atoms with E-state index in [2.05, 4.69) is 5.32 Å². The summed E-state index contributed by atoms with van der Waals surface area (Å²) in [5.74, 6) is 0.0201. The van der Waals surface area contributed by atoms with E-state index in [1.807, 2.05) is 13.0 Å². The van der Waals surface area contributed by atoms with Crippen LogP contribution in [0.5, 0.6) is 0 Å². The molecule has 3 heteroatoms. The van der Waals surface area contributed by atoms with Crippen LogP contribution in [0.15, 0.2) is 18.2 Å². The molecular formula is C15H21NO2. The number of carboxylic acids is 1. The standard InChI is InChI=1S/C15H21NO2/c1-11-10-13(15(17)18)6-7-14(11)16-9-8-12-4-2-3-5-12/h6-7,10,12,16H,2-5,8-9H2,1H3,(H,17,18). The largest absolute Gasteiger partial charge is 0.478 e. The molecule has 0 atom stereocenters. The molecule has 3 nitrogen and oxygen atoms in total. The minimum Gasteiger partial charge on any atom is -0.478 e. The molecule has 0 heterocycles. The fraction of sp³-hybridized carbons (Fsp3) is 0.533. The molecule has 0 bridgehead atoms. The van der Waals surface area contributed by atoms with E-state index in [9.17, 15) is 4.79 Å². The highest BCUT2D eigenvalue weighted by Gasteiger charge is 2.14. The number of carboxylic acid groups (broad SMARTS) is 1. The van der Waals surface area contributed by atoms with Gasteiger partial charge in [-0.1, -0.05) is 25.7 Å². The Hall–Kier alpha value is -1.51. The highest BCUT2D eigenvalue weighted by atomic mass is 16.4. The van der Waals surface area contributed by atoms with Crippen LogP contribution in [0.1, 0.15) is 48.0 Å². The Labute approximate surface area is 108 Å². The van der Waals surface area contributed by atoms with Gasteiger partial charge in [0.1, 0.15) is 0 Å². The fourth-order valence-corrected chi connectivity index (χ4v) is 2.71. The average Bonchev–Trinajstić information content (AvgIpc) is 2.84. The van der Waals surface area contributed by atoms with Gasteiger partial charge in [0.05, 0.1) is 5.56 Å².